The number of unbranched alkanes of at least 4 members (excludes halogenated alkanes) is 5. The molecule has 0 bridgehead atoms. The maximum atomic E-state index is 10.3. The highest BCUT2D eigenvalue weighted by Gasteiger charge is 2.06. The number of nitrogens with two attached hydrogens (primary N) is 1. The van der Waals surface area contributed by atoms with Gasteiger partial charge in [-0.2, -0.15) is 0 Å². The summed E-state index contributed by atoms with van der Waals surface area (Å²) in [5.74, 6) is -0.788. The van der Waals surface area contributed by atoms with Crippen LogP contribution < -0.4 is 5.73 Å². The highest BCUT2D eigenvalue weighted by atomic mass is 16.4. The molecule has 3 nitrogen and oxygen atoms in total. The number of rotatable bonds is 9. The Morgan fingerprint density at radius 3 is 2.36 bits per heavy atom. The van der Waals surface area contributed by atoms with Crippen LogP contribution in [-0.2, 0) is 4.79 Å². The van der Waals surface area contributed by atoms with Crippen molar-refractivity contribution in [3.8, 4) is 0 Å². The molecular formula is C11H23NO2. The lowest BCUT2D eigenvalue weighted by molar-refractivity contribution is -0.137. The van der Waals surface area contributed by atoms with E-state index >= 15 is 0 Å². The number of hydrogen-bond donors (Lipinski definition) is 2. The monoisotopic (exact) mass is 201 g/mol. The first-order valence-electron chi connectivity index (χ1n) is 5.64. The molecule has 0 saturated carbocycles. The first kappa shape index (κ1) is 13.4. The van der Waals surface area contributed by atoms with Crippen molar-refractivity contribution in [2.45, 2.75) is 64.3 Å². The van der Waals surface area contributed by atoms with Crippen molar-refractivity contribution in [3.63, 3.8) is 0 Å². The first-order chi connectivity index (χ1) is 6.66. The molecule has 3 heteroatoms. The molecule has 3 N–H and O–H groups in total. The average Bonchev–Trinajstić information content (AvgIpc) is 2.10. The molecule has 0 aliphatic heterocycles. The van der Waals surface area contributed by atoms with E-state index in [-0.39, 0.29) is 12.5 Å². The van der Waals surface area contributed by atoms with Crippen LogP contribution in [0.15, 0.2) is 0 Å². The molecule has 84 valence electrons. The number of aliphatic carboxylic acids is 1. The van der Waals surface area contributed by atoms with Gasteiger partial charge in [0.2, 0.25) is 0 Å². The second kappa shape index (κ2) is 9.00. The normalized spacial score (nSPS) is 12.7. The highest BCUT2D eigenvalue weighted by Crippen LogP contribution is 2.08. The quantitative estimate of drug-likeness (QED) is 0.563. The molecule has 0 saturated heterocycles. The standard InChI is InChI=1S/C11H23NO2/c1-2-3-4-5-6-7-8-10(12)9-11(13)14/h10H,2-9,12H2,1H3,(H,13,14)/t10-/m0/s1. The molecule has 0 aromatic rings. The minimum atomic E-state index is -0.788. The van der Waals surface area contributed by atoms with Crippen LogP contribution in [0.5, 0.6) is 0 Å². The van der Waals surface area contributed by atoms with Crippen LogP contribution in [0.2, 0.25) is 0 Å². The minimum absolute atomic E-state index is 0.106. The van der Waals surface area contributed by atoms with E-state index in [1.165, 1.54) is 32.1 Å². The molecule has 0 aromatic heterocycles. The Bertz CT molecular complexity index is 148. The van der Waals surface area contributed by atoms with Gasteiger partial charge in [-0.05, 0) is 6.42 Å². The second-order valence-electron chi connectivity index (χ2n) is 3.91. The zero-order valence-electron chi connectivity index (χ0n) is 9.17. The van der Waals surface area contributed by atoms with Crippen molar-refractivity contribution < 1.29 is 9.90 Å². The summed E-state index contributed by atoms with van der Waals surface area (Å²) in [6.07, 6.45) is 8.33. The Morgan fingerprint density at radius 1 is 1.21 bits per heavy atom. The molecule has 0 rings (SSSR count). The van der Waals surface area contributed by atoms with Crippen molar-refractivity contribution >= 4 is 5.97 Å². The highest BCUT2D eigenvalue weighted by molar-refractivity contribution is 5.67. The lowest BCUT2D eigenvalue weighted by atomic mass is 10.0. The molecule has 0 radical (unpaired) electrons. The topological polar surface area (TPSA) is 63.3 Å². The Balaban J connectivity index is 3.14. The largest absolute Gasteiger partial charge is 0.481 e. The maximum Gasteiger partial charge on any atom is 0.304 e. The zero-order valence-corrected chi connectivity index (χ0v) is 9.17. The van der Waals surface area contributed by atoms with Crippen molar-refractivity contribution in [2.75, 3.05) is 0 Å². The fourth-order valence-corrected chi connectivity index (χ4v) is 1.51. The Morgan fingerprint density at radius 2 is 1.79 bits per heavy atom. The van der Waals surface area contributed by atoms with Gasteiger partial charge < -0.3 is 10.8 Å². The fraction of sp³-hybridized carbons (Fsp3) is 0.909. The molecule has 0 fully saturated rings. The van der Waals surface area contributed by atoms with Gasteiger partial charge in [0.25, 0.3) is 0 Å². The van der Waals surface area contributed by atoms with Crippen LogP contribution in [-0.4, -0.2) is 17.1 Å². The molecule has 0 aliphatic carbocycles. The van der Waals surface area contributed by atoms with Gasteiger partial charge in [0.15, 0.2) is 0 Å². The summed E-state index contributed by atoms with van der Waals surface area (Å²) < 4.78 is 0. The van der Waals surface area contributed by atoms with Crippen LogP contribution in [0, 0.1) is 0 Å². The van der Waals surface area contributed by atoms with E-state index in [0.717, 1.165) is 12.8 Å². The Kier molecular flexibility index (Phi) is 8.64. The van der Waals surface area contributed by atoms with E-state index in [1.54, 1.807) is 0 Å². The van der Waals surface area contributed by atoms with Gasteiger partial charge in [0.05, 0.1) is 6.42 Å². The van der Waals surface area contributed by atoms with Crippen molar-refractivity contribution in [3.05, 3.63) is 0 Å². The third kappa shape index (κ3) is 9.52. The van der Waals surface area contributed by atoms with Crippen molar-refractivity contribution in [2.24, 2.45) is 5.73 Å². The zero-order chi connectivity index (χ0) is 10.8. The number of hydrogen-bond acceptors (Lipinski definition) is 2. The molecule has 0 aliphatic rings. The van der Waals surface area contributed by atoms with E-state index in [0.29, 0.717) is 0 Å². The predicted molar refractivity (Wildman–Crippen MR) is 58.2 cm³/mol. The second-order valence-corrected chi connectivity index (χ2v) is 3.91. The summed E-state index contributed by atoms with van der Waals surface area (Å²) in [6.45, 7) is 2.20. The van der Waals surface area contributed by atoms with Crippen LogP contribution in [0.1, 0.15) is 58.3 Å². The summed E-state index contributed by atoms with van der Waals surface area (Å²) in [4.78, 5) is 10.3. The number of carboxylic acids is 1. The minimum Gasteiger partial charge on any atom is -0.481 e. The Labute approximate surface area is 86.7 Å². The lowest BCUT2D eigenvalue weighted by Crippen LogP contribution is -2.23. The fourth-order valence-electron chi connectivity index (χ4n) is 1.51. The summed E-state index contributed by atoms with van der Waals surface area (Å²) in [7, 11) is 0. The molecular weight excluding hydrogens is 178 g/mol. The predicted octanol–water partition coefficient (Wildman–Crippen LogP) is 2.54. The average molecular weight is 201 g/mol. The molecule has 1 atom stereocenters. The van der Waals surface area contributed by atoms with Gasteiger partial charge in [-0.1, -0.05) is 45.4 Å². The van der Waals surface area contributed by atoms with Crippen LogP contribution in [0.4, 0.5) is 0 Å². The smallest absolute Gasteiger partial charge is 0.304 e. The van der Waals surface area contributed by atoms with Crippen molar-refractivity contribution in [1.82, 2.24) is 0 Å². The van der Waals surface area contributed by atoms with Gasteiger partial charge in [-0.15, -0.1) is 0 Å². The van der Waals surface area contributed by atoms with Gasteiger partial charge in [-0.3, -0.25) is 4.79 Å². The maximum absolute atomic E-state index is 10.3. The van der Waals surface area contributed by atoms with Crippen LogP contribution >= 0.6 is 0 Å². The molecule has 0 unspecified atom stereocenters. The van der Waals surface area contributed by atoms with E-state index in [2.05, 4.69) is 6.92 Å². The third-order valence-corrected chi connectivity index (χ3v) is 2.37. The molecule has 0 amide bonds. The summed E-state index contributed by atoms with van der Waals surface area (Å²) >= 11 is 0. The van der Waals surface area contributed by atoms with Gasteiger partial charge >= 0.3 is 5.97 Å². The van der Waals surface area contributed by atoms with E-state index < -0.39 is 5.97 Å². The van der Waals surface area contributed by atoms with E-state index in [1.807, 2.05) is 0 Å². The van der Waals surface area contributed by atoms with E-state index in [9.17, 15) is 4.79 Å². The Hall–Kier alpha value is -0.570. The third-order valence-electron chi connectivity index (χ3n) is 2.37. The van der Waals surface area contributed by atoms with E-state index in [4.69, 9.17) is 10.8 Å². The first-order valence-corrected chi connectivity index (χ1v) is 5.64. The molecule has 0 spiro atoms. The van der Waals surface area contributed by atoms with Crippen LogP contribution in [0.3, 0.4) is 0 Å². The summed E-state index contributed by atoms with van der Waals surface area (Å²) in [5, 5.41) is 8.48. The number of carbonyl (C=O) groups is 1. The van der Waals surface area contributed by atoms with Gasteiger partial charge in [0, 0.05) is 6.04 Å². The van der Waals surface area contributed by atoms with Gasteiger partial charge in [0.1, 0.15) is 0 Å². The molecule has 0 aromatic carbocycles. The summed E-state index contributed by atoms with van der Waals surface area (Å²) in [5.41, 5.74) is 5.63. The van der Waals surface area contributed by atoms with Crippen LogP contribution in [0.25, 0.3) is 0 Å². The molecule has 14 heavy (non-hydrogen) atoms. The van der Waals surface area contributed by atoms with Gasteiger partial charge in [-0.25, -0.2) is 0 Å². The summed E-state index contributed by atoms with van der Waals surface area (Å²) in [6, 6.07) is -0.154. The lowest BCUT2D eigenvalue weighted by Gasteiger charge is -2.07. The SMILES string of the molecule is CCCCCCCC[C@H](N)CC(=O)O. The number of carboxylic acid groups (broad SMARTS) is 1. The molecule has 0 heterocycles. The van der Waals surface area contributed by atoms with Crippen molar-refractivity contribution in [1.29, 1.82) is 0 Å².